The number of rotatable bonds is 4. The Kier molecular flexibility index (Phi) is 2.93. The number of nitrogens with one attached hydrogen (secondary N) is 2. The zero-order valence-electron chi connectivity index (χ0n) is 10.7. The molecule has 17 heavy (non-hydrogen) atoms. The third-order valence-electron chi connectivity index (χ3n) is 4.34. The molecule has 1 aromatic rings. The zero-order chi connectivity index (χ0) is 11.7. The van der Waals surface area contributed by atoms with E-state index in [4.69, 9.17) is 0 Å². The van der Waals surface area contributed by atoms with Crippen molar-refractivity contribution in [1.29, 1.82) is 0 Å². The van der Waals surface area contributed by atoms with Crippen molar-refractivity contribution < 1.29 is 0 Å². The Bertz CT molecular complexity index is 407. The van der Waals surface area contributed by atoms with E-state index in [9.17, 15) is 0 Å². The van der Waals surface area contributed by atoms with Crippen molar-refractivity contribution in [2.24, 2.45) is 5.41 Å². The van der Waals surface area contributed by atoms with Crippen LogP contribution in [0, 0.1) is 5.41 Å². The van der Waals surface area contributed by atoms with Gasteiger partial charge in [0.25, 0.3) is 0 Å². The Morgan fingerprint density at radius 1 is 1.24 bits per heavy atom. The van der Waals surface area contributed by atoms with Gasteiger partial charge < -0.3 is 10.6 Å². The molecule has 2 nitrogen and oxygen atoms in total. The van der Waals surface area contributed by atoms with Crippen molar-refractivity contribution >= 4 is 0 Å². The topological polar surface area (TPSA) is 24.1 Å². The molecule has 2 aliphatic rings. The summed E-state index contributed by atoms with van der Waals surface area (Å²) >= 11 is 0. The molecule has 2 heteroatoms. The maximum Gasteiger partial charge on any atom is 0.0212 e. The van der Waals surface area contributed by atoms with Gasteiger partial charge in [0.2, 0.25) is 0 Å². The van der Waals surface area contributed by atoms with Gasteiger partial charge in [0.1, 0.15) is 0 Å². The first-order valence-corrected chi connectivity index (χ1v) is 6.77. The molecule has 1 aliphatic carbocycles. The highest BCUT2D eigenvalue weighted by molar-refractivity contribution is 5.34. The minimum absolute atomic E-state index is 0.582. The fourth-order valence-electron chi connectivity index (χ4n) is 2.92. The van der Waals surface area contributed by atoms with Crippen LogP contribution >= 0.6 is 0 Å². The molecule has 1 heterocycles. The molecular formula is C15H22N2. The maximum atomic E-state index is 3.61. The molecule has 1 aromatic carbocycles. The SMILES string of the molecule is CC1(CNCc2ccc3c(c2)CNC3)CCC1. The molecule has 0 spiro atoms. The summed E-state index contributed by atoms with van der Waals surface area (Å²) in [4.78, 5) is 0. The van der Waals surface area contributed by atoms with E-state index in [0.717, 1.165) is 19.6 Å². The predicted molar refractivity (Wildman–Crippen MR) is 70.7 cm³/mol. The van der Waals surface area contributed by atoms with E-state index in [1.165, 1.54) is 42.5 Å². The first-order valence-electron chi connectivity index (χ1n) is 6.77. The van der Waals surface area contributed by atoms with Gasteiger partial charge in [0, 0.05) is 26.2 Å². The summed E-state index contributed by atoms with van der Waals surface area (Å²) in [5.41, 5.74) is 4.97. The average Bonchev–Trinajstić information content (AvgIpc) is 2.74. The van der Waals surface area contributed by atoms with Gasteiger partial charge >= 0.3 is 0 Å². The summed E-state index contributed by atoms with van der Waals surface area (Å²) in [6.07, 6.45) is 4.21. The van der Waals surface area contributed by atoms with Crippen LogP contribution < -0.4 is 10.6 Å². The van der Waals surface area contributed by atoms with Gasteiger partial charge in [-0.1, -0.05) is 31.5 Å². The van der Waals surface area contributed by atoms with E-state index in [0.29, 0.717) is 5.41 Å². The largest absolute Gasteiger partial charge is 0.312 e. The summed E-state index contributed by atoms with van der Waals surface area (Å²) < 4.78 is 0. The molecule has 0 amide bonds. The molecule has 2 N–H and O–H groups in total. The summed E-state index contributed by atoms with van der Waals surface area (Å²) in [7, 11) is 0. The smallest absolute Gasteiger partial charge is 0.0212 e. The zero-order valence-corrected chi connectivity index (χ0v) is 10.7. The van der Waals surface area contributed by atoms with Crippen LogP contribution in [0.3, 0.4) is 0 Å². The molecule has 3 rings (SSSR count). The molecule has 0 radical (unpaired) electrons. The van der Waals surface area contributed by atoms with Crippen LogP contribution in [-0.4, -0.2) is 6.54 Å². The van der Waals surface area contributed by atoms with Gasteiger partial charge in [-0.2, -0.15) is 0 Å². The molecule has 0 atom stereocenters. The third-order valence-corrected chi connectivity index (χ3v) is 4.34. The molecule has 0 bridgehead atoms. The van der Waals surface area contributed by atoms with E-state index in [2.05, 4.69) is 35.8 Å². The second-order valence-corrected chi connectivity index (χ2v) is 5.97. The standard InChI is InChI=1S/C15H22N2/c1-15(5-2-6-15)11-17-8-12-3-4-13-9-16-10-14(13)7-12/h3-4,7,16-17H,2,5-6,8-11H2,1H3. The highest BCUT2D eigenvalue weighted by Gasteiger charge is 2.30. The molecule has 92 valence electrons. The van der Waals surface area contributed by atoms with E-state index in [1.807, 2.05) is 0 Å². The van der Waals surface area contributed by atoms with Gasteiger partial charge in [-0.3, -0.25) is 0 Å². The third kappa shape index (κ3) is 2.38. The highest BCUT2D eigenvalue weighted by Crippen LogP contribution is 2.39. The summed E-state index contributed by atoms with van der Waals surface area (Å²) in [6, 6.07) is 6.89. The molecule has 1 saturated carbocycles. The summed E-state index contributed by atoms with van der Waals surface area (Å²) in [6.45, 7) is 6.67. The first kappa shape index (κ1) is 11.2. The second-order valence-electron chi connectivity index (χ2n) is 5.97. The fraction of sp³-hybridized carbons (Fsp3) is 0.600. The number of hydrogen-bond donors (Lipinski definition) is 2. The Balaban J connectivity index is 1.54. The minimum Gasteiger partial charge on any atom is -0.312 e. The maximum absolute atomic E-state index is 3.61. The lowest BCUT2D eigenvalue weighted by molar-refractivity contribution is 0.156. The van der Waals surface area contributed by atoms with Crippen LogP contribution in [0.25, 0.3) is 0 Å². The van der Waals surface area contributed by atoms with Gasteiger partial charge in [0.05, 0.1) is 0 Å². The van der Waals surface area contributed by atoms with E-state index < -0.39 is 0 Å². The lowest BCUT2D eigenvalue weighted by Crippen LogP contribution is -2.36. The van der Waals surface area contributed by atoms with Crippen LogP contribution in [0.1, 0.15) is 42.9 Å². The lowest BCUT2D eigenvalue weighted by atomic mass is 9.70. The van der Waals surface area contributed by atoms with Crippen molar-refractivity contribution in [3.8, 4) is 0 Å². The van der Waals surface area contributed by atoms with Crippen molar-refractivity contribution in [2.75, 3.05) is 6.54 Å². The van der Waals surface area contributed by atoms with Gasteiger partial charge in [-0.05, 0) is 34.9 Å². The van der Waals surface area contributed by atoms with Crippen molar-refractivity contribution in [3.63, 3.8) is 0 Å². The lowest BCUT2D eigenvalue weighted by Gasteiger charge is -2.38. The second kappa shape index (κ2) is 4.43. The number of fused-ring (bicyclic) bond motifs is 1. The van der Waals surface area contributed by atoms with Crippen LogP contribution in [-0.2, 0) is 19.6 Å². The van der Waals surface area contributed by atoms with Crippen molar-refractivity contribution in [1.82, 2.24) is 10.6 Å². The fourth-order valence-corrected chi connectivity index (χ4v) is 2.92. The van der Waals surface area contributed by atoms with Crippen LogP contribution in [0.2, 0.25) is 0 Å². The summed E-state index contributed by atoms with van der Waals surface area (Å²) in [5.74, 6) is 0. The van der Waals surface area contributed by atoms with E-state index >= 15 is 0 Å². The monoisotopic (exact) mass is 230 g/mol. The van der Waals surface area contributed by atoms with E-state index in [1.54, 1.807) is 0 Å². The minimum atomic E-state index is 0.582. The Morgan fingerprint density at radius 3 is 2.82 bits per heavy atom. The molecule has 0 saturated heterocycles. The quantitative estimate of drug-likeness (QED) is 0.830. The molecular weight excluding hydrogens is 208 g/mol. The molecule has 0 aromatic heterocycles. The van der Waals surface area contributed by atoms with Gasteiger partial charge in [0.15, 0.2) is 0 Å². The average molecular weight is 230 g/mol. The van der Waals surface area contributed by atoms with Gasteiger partial charge in [-0.15, -0.1) is 0 Å². The predicted octanol–water partition coefficient (Wildman–Crippen LogP) is 2.57. The normalized spacial score (nSPS) is 21.0. The van der Waals surface area contributed by atoms with Gasteiger partial charge in [-0.25, -0.2) is 0 Å². The molecule has 0 unspecified atom stereocenters. The summed E-state index contributed by atoms with van der Waals surface area (Å²) in [5, 5.41) is 7.01. The van der Waals surface area contributed by atoms with Crippen LogP contribution in [0.4, 0.5) is 0 Å². The number of benzene rings is 1. The van der Waals surface area contributed by atoms with E-state index in [-0.39, 0.29) is 0 Å². The molecule has 1 fully saturated rings. The Labute approximate surface area is 104 Å². The highest BCUT2D eigenvalue weighted by atomic mass is 14.9. The Hall–Kier alpha value is -0.860. The number of hydrogen-bond acceptors (Lipinski definition) is 2. The van der Waals surface area contributed by atoms with Crippen LogP contribution in [0.5, 0.6) is 0 Å². The van der Waals surface area contributed by atoms with Crippen molar-refractivity contribution in [3.05, 3.63) is 34.9 Å². The van der Waals surface area contributed by atoms with Crippen molar-refractivity contribution in [2.45, 2.75) is 45.8 Å². The molecule has 1 aliphatic heterocycles. The van der Waals surface area contributed by atoms with Crippen LogP contribution in [0.15, 0.2) is 18.2 Å². The first-order chi connectivity index (χ1) is 8.25. The Morgan fingerprint density at radius 2 is 2.06 bits per heavy atom.